The van der Waals surface area contributed by atoms with Crippen LogP contribution in [0.3, 0.4) is 0 Å². The van der Waals surface area contributed by atoms with Crippen LogP contribution in [0.1, 0.15) is 47.6 Å². The summed E-state index contributed by atoms with van der Waals surface area (Å²) < 4.78 is 97.8. The Balaban J connectivity index is 1.97. The molecule has 0 atom stereocenters. The largest absolute Gasteiger partial charge is 0.457 e. The molecule has 0 fully saturated rings. The number of hydrogen-bond acceptors (Lipinski definition) is 3. The molecule has 3 aromatic rings. The number of carbonyl (C=O) groups excluding carboxylic acids is 1. The molecule has 0 saturated carbocycles. The van der Waals surface area contributed by atoms with E-state index in [0.717, 1.165) is 23.8 Å². The van der Waals surface area contributed by atoms with E-state index in [2.05, 4.69) is 6.58 Å². The van der Waals surface area contributed by atoms with Crippen LogP contribution < -0.4 is 0 Å². The number of benzene rings is 1. The van der Waals surface area contributed by atoms with E-state index in [-0.39, 0.29) is 32.9 Å². The number of rotatable bonds is 8. The van der Waals surface area contributed by atoms with Gasteiger partial charge in [0.1, 0.15) is 6.61 Å². The normalized spacial score (nSPS) is 18.0. The van der Waals surface area contributed by atoms with Crippen molar-refractivity contribution in [3.05, 3.63) is 69.6 Å². The van der Waals surface area contributed by atoms with E-state index in [1.54, 1.807) is 22.8 Å². The standard InChI is InChI=1S/C27H25F6NO2S/c1-5-6-11-34-13-20(18-9-7-8-10-21(18)34)23-22(25(28,29)27(32,33)26(23,30)31)19-12-17(37-16(19)4)14-36-24(35)15(2)3/h7-10,12-13H,2,5-6,11,14H2,1,3-4H3. The maximum atomic E-state index is 15.4. The second kappa shape index (κ2) is 9.38. The quantitative estimate of drug-likeness (QED) is 0.163. The van der Waals surface area contributed by atoms with Crippen molar-refractivity contribution in [3.63, 3.8) is 0 Å². The van der Waals surface area contributed by atoms with E-state index in [4.69, 9.17) is 4.74 Å². The van der Waals surface area contributed by atoms with E-state index < -0.39 is 40.4 Å². The van der Waals surface area contributed by atoms with Crippen molar-refractivity contribution in [2.45, 2.75) is 64.5 Å². The zero-order chi connectivity index (χ0) is 27.3. The lowest BCUT2D eigenvalue weighted by Gasteiger charge is -2.25. The maximum absolute atomic E-state index is 15.4. The summed E-state index contributed by atoms with van der Waals surface area (Å²) in [6, 6.07) is 7.43. The van der Waals surface area contributed by atoms with E-state index in [0.29, 0.717) is 18.5 Å². The molecule has 0 unspecified atom stereocenters. The van der Waals surface area contributed by atoms with Gasteiger partial charge in [-0.25, -0.2) is 4.79 Å². The Morgan fingerprint density at radius 1 is 1.05 bits per heavy atom. The third-order valence-corrected chi connectivity index (χ3v) is 7.43. The fraction of sp³-hybridized carbons (Fsp3) is 0.370. The Hall–Kier alpha value is -3.01. The zero-order valence-corrected chi connectivity index (χ0v) is 21.3. The molecule has 198 valence electrons. The van der Waals surface area contributed by atoms with Crippen molar-refractivity contribution in [2.24, 2.45) is 0 Å². The van der Waals surface area contributed by atoms with Crippen LogP contribution in [0.15, 0.2) is 48.7 Å². The Labute approximate surface area is 214 Å². The molecule has 2 heterocycles. The number of aryl methyl sites for hydroxylation is 2. The Bertz CT molecular complexity index is 1420. The minimum atomic E-state index is -5.65. The minimum absolute atomic E-state index is 0.111. The lowest BCUT2D eigenvalue weighted by Crippen LogP contribution is -2.48. The number of allylic oxidation sites excluding steroid dienone is 2. The lowest BCUT2D eigenvalue weighted by molar-refractivity contribution is -0.254. The summed E-state index contributed by atoms with van der Waals surface area (Å²) in [6.07, 6.45) is 2.73. The maximum Gasteiger partial charge on any atom is 0.380 e. The zero-order valence-electron chi connectivity index (χ0n) is 20.4. The van der Waals surface area contributed by atoms with Crippen molar-refractivity contribution in [3.8, 4) is 0 Å². The van der Waals surface area contributed by atoms with E-state index in [1.807, 2.05) is 6.92 Å². The van der Waals surface area contributed by atoms with Gasteiger partial charge in [-0.05, 0) is 38.0 Å². The highest BCUT2D eigenvalue weighted by Crippen LogP contribution is 2.65. The fourth-order valence-corrected chi connectivity index (χ4v) is 5.47. The SMILES string of the molecule is C=C(C)C(=O)OCc1cc(C2=C(c3cn(CCCC)c4ccccc34)C(F)(F)C(F)(F)C2(F)F)c(C)s1. The summed E-state index contributed by atoms with van der Waals surface area (Å²) in [4.78, 5) is 12.1. The molecule has 3 nitrogen and oxygen atoms in total. The van der Waals surface area contributed by atoms with Crippen molar-refractivity contribution in [2.75, 3.05) is 0 Å². The number of nitrogens with zero attached hydrogens (tertiary/aromatic N) is 1. The number of fused-ring (bicyclic) bond motifs is 1. The van der Waals surface area contributed by atoms with Gasteiger partial charge in [0.2, 0.25) is 0 Å². The van der Waals surface area contributed by atoms with E-state index in [9.17, 15) is 13.6 Å². The van der Waals surface area contributed by atoms with Gasteiger partial charge < -0.3 is 9.30 Å². The van der Waals surface area contributed by atoms with E-state index >= 15 is 17.6 Å². The molecule has 0 radical (unpaired) electrons. The highest BCUT2D eigenvalue weighted by Gasteiger charge is 2.80. The molecule has 0 saturated heterocycles. The van der Waals surface area contributed by atoms with Crippen molar-refractivity contribution in [1.82, 2.24) is 4.57 Å². The van der Waals surface area contributed by atoms with Crippen molar-refractivity contribution < 1.29 is 35.9 Å². The molecule has 0 spiro atoms. The number of alkyl halides is 6. The number of carbonyl (C=O) groups is 1. The van der Waals surface area contributed by atoms with Crippen LogP contribution in [0.5, 0.6) is 0 Å². The summed E-state index contributed by atoms with van der Waals surface area (Å²) in [7, 11) is 0. The summed E-state index contributed by atoms with van der Waals surface area (Å²) in [5.41, 5.74) is -2.98. The molecular weight excluding hydrogens is 516 g/mol. The van der Waals surface area contributed by atoms with Crippen molar-refractivity contribution >= 4 is 39.4 Å². The average Bonchev–Trinajstić information content (AvgIpc) is 3.41. The average molecular weight is 542 g/mol. The summed E-state index contributed by atoms with van der Waals surface area (Å²) >= 11 is 0.904. The number of aromatic nitrogens is 1. The lowest BCUT2D eigenvalue weighted by atomic mass is 9.94. The van der Waals surface area contributed by atoms with Crippen LogP contribution in [-0.2, 0) is 22.7 Å². The Kier molecular flexibility index (Phi) is 6.85. The highest BCUT2D eigenvalue weighted by molar-refractivity contribution is 7.12. The second-order valence-corrected chi connectivity index (χ2v) is 10.5. The van der Waals surface area contributed by atoms with Gasteiger partial charge in [-0.3, -0.25) is 0 Å². The topological polar surface area (TPSA) is 31.2 Å². The first-order valence-electron chi connectivity index (χ1n) is 11.6. The van der Waals surface area contributed by atoms with Gasteiger partial charge in [-0.1, -0.05) is 38.1 Å². The minimum Gasteiger partial charge on any atom is -0.457 e. The molecule has 1 aliphatic rings. The first kappa shape index (κ1) is 27.0. The molecule has 1 aromatic carbocycles. The van der Waals surface area contributed by atoms with Gasteiger partial charge in [0.05, 0.1) is 0 Å². The predicted octanol–water partition coefficient (Wildman–Crippen LogP) is 8.26. The molecule has 37 heavy (non-hydrogen) atoms. The van der Waals surface area contributed by atoms with Crippen LogP contribution in [-0.4, -0.2) is 28.3 Å². The monoisotopic (exact) mass is 541 g/mol. The summed E-state index contributed by atoms with van der Waals surface area (Å²) in [5.74, 6) is -16.7. The number of esters is 1. The molecule has 2 aromatic heterocycles. The van der Waals surface area contributed by atoms with Gasteiger partial charge in [0, 0.05) is 55.7 Å². The molecule has 0 aliphatic heterocycles. The van der Waals surface area contributed by atoms with Crippen LogP contribution >= 0.6 is 11.3 Å². The third-order valence-electron chi connectivity index (χ3n) is 6.41. The van der Waals surface area contributed by atoms with Gasteiger partial charge in [-0.2, -0.15) is 26.3 Å². The molecule has 1 aliphatic carbocycles. The molecule has 0 amide bonds. The highest BCUT2D eigenvalue weighted by atomic mass is 32.1. The summed E-state index contributed by atoms with van der Waals surface area (Å²) in [5, 5.41) is 0.183. The first-order chi connectivity index (χ1) is 17.3. The summed E-state index contributed by atoms with van der Waals surface area (Å²) in [6.45, 7) is 8.25. The van der Waals surface area contributed by atoms with Gasteiger partial charge in [0.15, 0.2) is 0 Å². The van der Waals surface area contributed by atoms with Gasteiger partial charge >= 0.3 is 23.7 Å². The van der Waals surface area contributed by atoms with Gasteiger partial charge in [0.25, 0.3) is 0 Å². The Morgan fingerprint density at radius 2 is 1.68 bits per heavy atom. The smallest absolute Gasteiger partial charge is 0.380 e. The predicted molar refractivity (Wildman–Crippen MR) is 132 cm³/mol. The molecule has 4 rings (SSSR count). The van der Waals surface area contributed by atoms with Crippen molar-refractivity contribution in [1.29, 1.82) is 0 Å². The number of unbranched alkanes of at least 4 members (excludes halogenated alkanes) is 1. The number of ether oxygens (including phenoxy) is 1. The Morgan fingerprint density at radius 3 is 2.30 bits per heavy atom. The molecule has 10 heteroatoms. The molecule has 0 N–H and O–H groups in total. The second-order valence-electron chi connectivity index (χ2n) is 9.12. The number of halogens is 6. The first-order valence-corrected chi connectivity index (χ1v) is 12.5. The molecular formula is C27H25F6NO2S. The number of para-hydroxylation sites is 1. The molecule has 0 bridgehead atoms. The van der Waals surface area contributed by atoms with E-state index in [1.165, 1.54) is 26.1 Å². The number of thiophene rings is 1. The van der Waals surface area contributed by atoms with Gasteiger partial charge in [-0.15, -0.1) is 11.3 Å². The third kappa shape index (κ3) is 4.19. The van der Waals surface area contributed by atoms with Crippen LogP contribution in [0, 0.1) is 6.92 Å². The fourth-order valence-electron chi connectivity index (χ4n) is 4.52. The van der Waals surface area contributed by atoms with Crippen LogP contribution in [0.2, 0.25) is 0 Å². The number of hydrogen-bond donors (Lipinski definition) is 0. The van der Waals surface area contributed by atoms with Crippen LogP contribution in [0.25, 0.3) is 22.0 Å². The van der Waals surface area contributed by atoms with Crippen LogP contribution in [0.4, 0.5) is 26.3 Å².